The quantitative estimate of drug-likeness (QED) is 0.769. The molecule has 0 aliphatic carbocycles. The van der Waals surface area contributed by atoms with Gasteiger partial charge in [-0.2, -0.15) is 0 Å². The molecule has 1 aromatic rings. The second kappa shape index (κ2) is 4.96. The molecule has 1 aromatic heterocycles. The summed E-state index contributed by atoms with van der Waals surface area (Å²) in [5, 5.41) is 12.3. The van der Waals surface area contributed by atoms with Crippen LogP contribution in [0.25, 0.3) is 0 Å². The van der Waals surface area contributed by atoms with E-state index in [1.54, 1.807) is 0 Å². The lowest BCUT2D eigenvalue weighted by Gasteiger charge is -2.16. The third-order valence-electron chi connectivity index (χ3n) is 2.17. The van der Waals surface area contributed by atoms with Crippen molar-refractivity contribution in [2.75, 3.05) is 11.9 Å². The average Bonchev–Trinajstić information content (AvgIpc) is 2.12. The Morgan fingerprint density at radius 1 is 1.36 bits per heavy atom. The molecule has 0 saturated carbocycles. The predicted molar refractivity (Wildman–Crippen MR) is 58.5 cm³/mol. The third-order valence-corrected chi connectivity index (χ3v) is 2.17. The van der Waals surface area contributed by atoms with Crippen molar-refractivity contribution in [1.29, 1.82) is 0 Å². The molecular weight excluding hydrogens is 176 g/mol. The molecular formula is C11H18N2O. The molecule has 0 aromatic carbocycles. The first-order valence-electron chi connectivity index (χ1n) is 4.98. The molecule has 1 rings (SSSR count). The zero-order valence-electron chi connectivity index (χ0n) is 9.04. The Bertz CT molecular complexity index is 275. The molecule has 3 nitrogen and oxygen atoms in total. The van der Waals surface area contributed by atoms with Crippen LogP contribution in [0.2, 0.25) is 0 Å². The van der Waals surface area contributed by atoms with Gasteiger partial charge in [0.15, 0.2) is 0 Å². The molecule has 1 unspecified atom stereocenters. The van der Waals surface area contributed by atoms with Crippen LogP contribution in [-0.2, 0) is 0 Å². The van der Waals surface area contributed by atoms with Gasteiger partial charge in [0.25, 0.3) is 0 Å². The lowest BCUT2D eigenvalue weighted by Crippen LogP contribution is -2.22. The van der Waals surface area contributed by atoms with Gasteiger partial charge < -0.3 is 10.4 Å². The van der Waals surface area contributed by atoms with Crippen molar-refractivity contribution < 1.29 is 5.11 Å². The van der Waals surface area contributed by atoms with Crippen LogP contribution >= 0.6 is 0 Å². The van der Waals surface area contributed by atoms with Gasteiger partial charge in [-0.1, -0.05) is 6.92 Å². The van der Waals surface area contributed by atoms with Crippen LogP contribution in [0.3, 0.4) is 0 Å². The predicted octanol–water partition coefficient (Wildman–Crippen LogP) is 1.88. The SMILES string of the molecule is CCC(CO)Nc1cc(C)nc(C)c1. The van der Waals surface area contributed by atoms with Crippen LogP contribution in [0.1, 0.15) is 24.7 Å². The van der Waals surface area contributed by atoms with E-state index in [1.807, 2.05) is 26.0 Å². The van der Waals surface area contributed by atoms with Crippen LogP contribution in [0, 0.1) is 13.8 Å². The van der Waals surface area contributed by atoms with Gasteiger partial charge in [-0.15, -0.1) is 0 Å². The van der Waals surface area contributed by atoms with E-state index >= 15 is 0 Å². The van der Waals surface area contributed by atoms with E-state index in [4.69, 9.17) is 5.11 Å². The summed E-state index contributed by atoms with van der Waals surface area (Å²) in [5.74, 6) is 0. The summed E-state index contributed by atoms with van der Waals surface area (Å²) in [4.78, 5) is 4.29. The molecule has 0 radical (unpaired) electrons. The summed E-state index contributed by atoms with van der Waals surface area (Å²) >= 11 is 0. The Morgan fingerprint density at radius 3 is 2.36 bits per heavy atom. The van der Waals surface area contributed by atoms with E-state index in [2.05, 4.69) is 17.2 Å². The Balaban J connectivity index is 2.75. The van der Waals surface area contributed by atoms with Crippen LogP contribution in [-0.4, -0.2) is 22.7 Å². The molecule has 0 amide bonds. The normalized spacial score (nSPS) is 12.6. The highest BCUT2D eigenvalue weighted by molar-refractivity contribution is 5.45. The number of pyridine rings is 1. The average molecular weight is 194 g/mol. The zero-order valence-corrected chi connectivity index (χ0v) is 9.04. The van der Waals surface area contributed by atoms with E-state index in [9.17, 15) is 0 Å². The van der Waals surface area contributed by atoms with Crippen molar-refractivity contribution in [3.63, 3.8) is 0 Å². The molecule has 0 saturated heterocycles. The molecule has 1 heterocycles. The number of rotatable bonds is 4. The Morgan fingerprint density at radius 2 is 1.93 bits per heavy atom. The minimum atomic E-state index is 0.135. The summed E-state index contributed by atoms with van der Waals surface area (Å²) in [6.07, 6.45) is 0.914. The summed E-state index contributed by atoms with van der Waals surface area (Å²) in [6, 6.07) is 4.12. The molecule has 2 N–H and O–H groups in total. The highest BCUT2D eigenvalue weighted by Gasteiger charge is 2.04. The molecule has 14 heavy (non-hydrogen) atoms. The highest BCUT2D eigenvalue weighted by Crippen LogP contribution is 2.12. The maximum absolute atomic E-state index is 9.05. The number of aryl methyl sites for hydroxylation is 2. The highest BCUT2D eigenvalue weighted by atomic mass is 16.3. The smallest absolute Gasteiger partial charge is 0.0632 e. The molecule has 1 atom stereocenters. The Hall–Kier alpha value is -1.09. The lowest BCUT2D eigenvalue weighted by atomic mass is 10.2. The third kappa shape index (κ3) is 3.00. The maximum Gasteiger partial charge on any atom is 0.0632 e. The standard InChI is InChI=1S/C11H18N2O/c1-4-10(7-14)13-11-5-8(2)12-9(3)6-11/h5-6,10,14H,4,7H2,1-3H3,(H,12,13). The number of aliphatic hydroxyl groups is 1. The first kappa shape index (κ1) is 11.0. The van der Waals surface area contributed by atoms with Gasteiger partial charge in [-0.3, -0.25) is 4.98 Å². The van der Waals surface area contributed by atoms with Crippen molar-refractivity contribution in [2.24, 2.45) is 0 Å². The van der Waals surface area contributed by atoms with Crippen molar-refractivity contribution in [2.45, 2.75) is 33.2 Å². The summed E-state index contributed by atoms with van der Waals surface area (Å²) in [6.45, 7) is 6.15. The van der Waals surface area contributed by atoms with Crippen molar-refractivity contribution in [3.8, 4) is 0 Å². The minimum Gasteiger partial charge on any atom is -0.394 e. The fourth-order valence-electron chi connectivity index (χ4n) is 1.43. The molecule has 0 bridgehead atoms. The van der Waals surface area contributed by atoms with Crippen molar-refractivity contribution in [3.05, 3.63) is 23.5 Å². The topological polar surface area (TPSA) is 45.1 Å². The van der Waals surface area contributed by atoms with Gasteiger partial charge >= 0.3 is 0 Å². The maximum atomic E-state index is 9.05. The molecule has 0 spiro atoms. The number of nitrogens with zero attached hydrogens (tertiary/aromatic N) is 1. The van der Waals surface area contributed by atoms with Gasteiger partial charge in [0.05, 0.1) is 6.61 Å². The molecule has 0 aliphatic rings. The van der Waals surface area contributed by atoms with Gasteiger partial charge in [-0.25, -0.2) is 0 Å². The summed E-state index contributed by atoms with van der Waals surface area (Å²) in [7, 11) is 0. The van der Waals surface area contributed by atoms with E-state index in [0.717, 1.165) is 23.5 Å². The van der Waals surface area contributed by atoms with E-state index in [1.165, 1.54) is 0 Å². The van der Waals surface area contributed by atoms with Gasteiger partial charge in [0.1, 0.15) is 0 Å². The number of aliphatic hydroxyl groups excluding tert-OH is 1. The minimum absolute atomic E-state index is 0.135. The molecule has 0 aliphatic heterocycles. The Labute approximate surface area is 85.2 Å². The number of anilines is 1. The summed E-state index contributed by atoms with van der Waals surface area (Å²) < 4.78 is 0. The van der Waals surface area contributed by atoms with Crippen molar-refractivity contribution in [1.82, 2.24) is 4.98 Å². The number of aromatic nitrogens is 1. The number of hydrogen-bond donors (Lipinski definition) is 2. The monoisotopic (exact) mass is 194 g/mol. The number of hydrogen-bond acceptors (Lipinski definition) is 3. The second-order valence-corrected chi connectivity index (χ2v) is 3.57. The zero-order chi connectivity index (χ0) is 10.6. The van der Waals surface area contributed by atoms with Crippen molar-refractivity contribution >= 4 is 5.69 Å². The van der Waals surface area contributed by atoms with E-state index in [0.29, 0.717) is 0 Å². The largest absolute Gasteiger partial charge is 0.394 e. The van der Waals surface area contributed by atoms with E-state index < -0.39 is 0 Å². The second-order valence-electron chi connectivity index (χ2n) is 3.57. The van der Waals surface area contributed by atoms with Gasteiger partial charge in [-0.05, 0) is 32.4 Å². The van der Waals surface area contributed by atoms with E-state index in [-0.39, 0.29) is 12.6 Å². The molecule has 0 fully saturated rings. The fourth-order valence-corrected chi connectivity index (χ4v) is 1.43. The number of nitrogens with one attached hydrogen (secondary N) is 1. The lowest BCUT2D eigenvalue weighted by molar-refractivity contribution is 0.272. The van der Waals surface area contributed by atoms with Crippen LogP contribution in [0.5, 0.6) is 0 Å². The van der Waals surface area contributed by atoms with Gasteiger partial charge in [0.2, 0.25) is 0 Å². The fraction of sp³-hybridized carbons (Fsp3) is 0.545. The first-order valence-corrected chi connectivity index (χ1v) is 4.98. The van der Waals surface area contributed by atoms with Gasteiger partial charge in [0, 0.05) is 23.1 Å². The van der Waals surface area contributed by atoms with Crippen LogP contribution < -0.4 is 5.32 Å². The van der Waals surface area contributed by atoms with Crippen LogP contribution in [0.4, 0.5) is 5.69 Å². The molecule has 3 heteroatoms. The van der Waals surface area contributed by atoms with Crippen LogP contribution in [0.15, 0.2) is 12.1 Å². The molecule has 78 valence electrons. The first-order chi connectivity index (χ1) is 6.65. The summed E-state index contributed by atoms with van der Waals surface area (Å²) in [5.41, 5.74) is 3.04. The Kier molecular flexibility index (Phi) is 3.89.